The van der Waals surface area contributed by atoms with E-state index < -0.39 is 22.5 Å². The molecule has 0 fully saturated rings. The third-order valence-electron chi connectivity index (χ3n) is 3.91. The van der Waals surface area contributed by atoms with E-state index in [1.807, 2.05) is 72.8 Å². The fraction of sp³-hybridized carbons (Fsp3) is 0.208. The van der Waals surface area contributed by atoms with Crippen LogP contribution in [0.5, 0.6) is 11.5 Å². The van der Waals surface area contributed by atoms with E-state index >= 15 is 0 Å². The Kier molecular flexibility index (Phi) is 6.49. The molecule has 0 spiro atoms. The van der Waals surface area contributed by atoms with E-state index in [9.17, 15) is 9.90 Å². The third kappa shape index (κ3) is 5.55. The van der Waals surface area contributed by atoms with Crippen molar-refractivity contribution in [2.24, 2.45) is 0 Å². The van der Waals surface area contributed by atoms with Crippen LogP contribution in [0.4, 0.5) is 0 Å². The number of carbonyl (C=O) groups excluding carboxylic acids is 1. The number of benzene rings is 3. The van der Waals surface area contributed by atoms with Crippen molar-refractivity contribution in [3.05, 3.63) is 78.9 Å². The molecule has 0 saturated heterocycles. The fourth-order valence-corrected chi connectivity index (χ4v) is 4.94. The van der Waals surface area contributed by atoms with Crippen molar-refractivity contribution in [3.8, 4) is 11.5 Å². The summed E-state index contributed by atoms with van der Waals surface area (Å²) >= 11 is 0. The molecule has 0 heterocycles. The standard InChI is InChI=1S/C24H24O4S/c1-24(2,3)28-22(25)17-27-20-15-10-16-21(23(20)26)29(18-11-6-4-7-12-18)19-13-8-5-9-14-19/h4-16H,17H2,1-3H3/p+1. The molecule has 0 aromatic heterocycles. The van der Waals surface area contributed by atoms with Gasteiger partial charge in [-0.15, -0.1) is 0 Å². The zero-order valence-corrected chi connectivity index (χ0v) is 17.6. The summed E-state index contributed by atoms with van der Waals surface area (Å²) in [6.07, 6.45) is 0. The largest absolute Gasteiger partial charge is 0.501 e. The predicted octanol–water partition coefficient (Wildman–Crippen LogP) is 5.21. The minimum Gasteiger partial charge on any atom is -0.501 e. The summed E-state index contributed by atoms with van der Waals surface area (Å²) in [6.45, 7) is 5.13. The van der Waals surface area contributed by atoms with E-state index in [0.29, 0.717) is 0 Å². The first kappa shape index (κ1) is 20.8. The Balaban J connectivity index is 1.92. The Morgan fingerprint density at radius 2 is 1.41 bits per heavy atom. The summed E-state index contributed by atoms with van der Waals surface area (Å²) in [4.78, 5) is 14.9. The Hall–Kier alpha value is -2.92. The quantitative estimate of drug-likeness (QED) is 0.449. The van der Waals surface area contributed by atoms with Crippen molar-refractivity contribution in [2.45, 2.75) is 41.1 Å². The summed E-state index contributed by atoms with van der Waals surface area (Å²) in [5, 5.41) is 11.0. The molecule has 0 aliphatic heterocycles. The molecule has 4 nitrogen and oxygen atoms in total. The van der Waals surface area contributed by atoms with Gasteiger partial charge in [-0.2, -0.15) is 0 Å². The molecule has 0 bridgehead atoms. The number of para-hydroxylation sites is 1. The van der Waals surface area contributed by atoms with Crippen LogP contribution >= 0.6 is 0 Å². The first-order chi connectivity index (χ1) is 13.8. The SMILES string of the molecule is CC(C)(C)OC(=O)COc1cccc([S+](c2ccccc2)c2ccccc2)c1O. The Morgan fingerprint density at radius 1 is 0.862 bits per heavy atom. The number of phenolic OH excluding ortho intramolecular Hbond substituents is 1. The van der Waals surface area contributed by atoms with Crippen molar-refractivity contribution in [2.75, 3.05) is 6.61 Å². The normalized spacial score (nSPS) is 11.3. The topological polar surface area (TPSA) is 55.8 Å². The van der Waals surface area contributed by atoms with Gasteiger partial charge in [0.05, 0.1) is 0 Å². The molecule has 3 aromatic rings. The van der Waals surface area contributed by atoms with Gasteiger partial charge < -0.3 is 14.6 Å². The lowest BCUT2D eigenvalue weighted by Crippen LogP contribution is -2.27. The van der Waals surface area contributed by atoms with Crippen LogP contribution in [0, 0.1) is 0 Å². The second kappa shape index (κ2) is 9.05. The van der Waals surface area contributed by atoms with E-state index in [1.165, 1.54) is 0 Å². The lowest BCUT2D eigenvalue weighted by atomic mass is 10.2. The Morgan fingerprint density at radius 3 is 1.93 bits per heavy atom. The number of carbonyl (C=O) groups is 1. The van der Waals surface area contributed by atoms with Gasteiger partial charge in [0.25, 0.3) is 0 Å². The van der Waals surface area contributed by atoms with Crippen LogP contribution in [-0.2, 0) is 20.4 Å². The van der Waals surface area contributed by atoms with E-state index in [2.05, 4.69) is 0 Å². The lowest BCUT2D eigenvalue weighted by molar-refractivity contribution is -0.157. The summed E-state index contributed by atoms with van der Waals surface area (Å²) in [5.74, 6) is -0.183. The van der Waals surface area contributed by atoms with Crippen LogP contribution in [0.15, 0.2) is 93.5 Å². The maximum atomic E-state index is 12.0. The van der Waals surface area contributed by atoms with Crippen LogP contribution in [-0.4, -0.2) is 23.3 Å². The van der Waals surface area contributed by atoms with Crippen LogP contribution in [0.2, 0.25) is 0 Å². The van der Waals surface area contributed by atoms with E-state index in [-0.39, 0.29) is 18.1 Å². The number of aromatic hydroxyl groups is 1. The van der Waals surface area contributed by atoms with Crippen molar-refractivity contribution in [1.82, 2.24) is 0 Å². The summed E-state index contributed by atoms with van der Waals surface area (Å²) < 4.78 is 10.9. The molecule has 3 rings (SSSR count). The van der Waals surface area contributed by atoms with Crippen LogP contribution in [0.3, 0.4) is 0 Å². The molecule has 3 aromatic carbocycles. The highest BCUT2D eigenvalue weighted by Crippen LogP contribution is 2.40. The molecule has 0 radical (unpaired) electrons. The number of phenols is 1. The molecule has 0 unspecified atom stereocenters. The average molecular weight is 410 g/mol. The Bertz CT molecular complexity index is 910. The van der Waals surface area contributed by atoms with E-state index in [4.69, 9.17) is 9.47 Å². The maximum absolute atomic E-state index is 12.0. The van der Waals surface area contributed by atoms with Gasteiger partial charge in [0.2, 0.25) is 10.6 Å². The number of ether oxygens (including phenoxy) is 2. The fourth-order valence-electron chi connectivity index (χ4n) is 2.79. The van der Waals surface area contributed by atoms with Crippen molar-refractivity contribution >= 4 is 16.9 Å². The molecule has 0 aliphatic carbocycles. The molecule has 0 saturated carbocycles. The molecular formula is C24H25O4S+. The minimum absolute atomic E-state index is 0.0344. The van der Waals surface area contributed by atoms with Crippen molar-refractivity contribution in [1.29, 1.82) is 0 Å². The molecule has 0 atom stereocenters. The second-order valence-corrected chi connectivity index (χ2v) is 9.41. The third-order valence-corrected chi connectivity index (χ3v) is 6.16. The minimum atomic E-state index is -0.586. The van der Waals surface area contributed by atoms with Crippen molar-refractivity contribution in [3.63, 3.8) is 0 Å². The molecule has 0 aliphatic rings. The summed E-state index contributed by atoms with van der Waals surface area (Å²) in [7, 11) is -0.513. The zero-order valence-electron chi connectivity index (χ0n) is 16.8. The predicted molar refractivity (Wildman–Crippen MR) is 114 cm³/mol. The zero-order chi connectivity index (χ0) is 20.9. The molecule has 1 N–H and O–H groups in total. The highest BCUT2D eigenvalue weighted by atomic mass is 32.2. The highest BCUT2D eigenvalue weighted by molar-refractivity contribution is 7.97. The first-order valence-corrected chi connectivity index (χ1v) is 10.6. The maximum Gasteiger partial charge on any atom is 0.344 e. The summed E-state index contributed by atoms with van der Waals surface area (Å²) in [5.41, 5.74) is -0.586. The van der Waals surface area contributed by atoms with E-state index in [0.717, 1.165) is 14.7 Å². The average Bonchev–Trinajstić information content (AvgIpc) is 2.69. The highest BCUT2D eigenvalue weighted by Gasteiger charge is 2.33. The van der Waals surface area contributed by atoms with Gasteiger partial charge in [-0.05, 0) is 57.2 Å². The monoisotopic (exact) mass is 409 g/mol. The molecule has 150 valence electrons. The van der Waals surface area contributed by atoms with Gasteiger partial charge in [-0.25, -0.2) is 4.79 Å². The van der Waals surface area contributed by atoms with Crippen LogP contribution in [0.25, 0.3) is 0 Å². The van der Waals surface area contributed by atoms with Crippen LogP contribution in [0.1, 0.15) is 20.8 Å². The smallest absolute Gasteiger partial charge is 0.344 e. The van der Waals surface area contributed by atoms with Gasteiger partial charge in [0.1, 0.15) is 16.5 Å². The van der Waals surface area contributed by atoms with Gasteiger partial charge in [-0.3, -0.25) is 0 Å². The molecule has 5 heteroatoms. The molecular weight excluding hydrogens is 384 g/mol. The van der Waals surface area contributed by atoms with Gasteiger partial charge in [0, 0.05) is 0 Å². The van der Waals surface area contributed by atoms with Gasteiger partial charge in [-0.1, -0.05) is 42.5 Å². The Labute approximate surface area is 174 Å². The van der Waals surface area contributed by atoms with Gasteiger partial charge in [0.15, 0.2) is 22.1 Å². The number of hydrogen-bond acceptors (Lipinski definition) is 4. The van der Waals surface area contributed by atoms with Crippen molar-refractivity contribution < 1.29 is 19.4 Å². The lowest BCUT2D eigenvalue weighted by Gasteiger charge is -2.19. The molecule has 29 heavy (non-hydrogen) atoms. The first-order valence-electron chi connectivity index (χ1n) is 9.36. The molecule has 0 amide bonds. The van der Waals surface area contributed by atoms with Crippen LogP contribution < -0.4 is 4.74 Å². The number of hydrogen-bond donors (Lipinski definition) is 1. The number of rotatable bonds is 6. The second-order valence-electron chi connectivity index (χ2n) is 7.41. The number of esters is 1. The van der Waals surface area contributed by atoms with E-state index in [1.54, 1.807) is 26.8 Å². The summed E-state index contributed by atoms with van der Waals surface area (Å²) in [6, 6.07) is 25.4. The van der Waals surface area contributed by atoms with Gasteiger partial charge >= 0.3 is 5.97 Å².